The van der Waals surface area contributed by atoms with E-state index in [2.05, 4.69) is 47.7 Å². The number of aryl methyl sites for hydroxylation is 1. The normalized spacial score (nSPS) is 17.1. The zero-order chi connectivity index (χ0) is 12.1. The van der Waals surface area contributed by atoms with Crippen molar-refractivity contribution in [2.24, 2.45) is 0 Å². The maximum atomic E-state index is 5.83. The fourth-order valence-corrected chi connectivity index (χ4v) is 2.64. The molecule has 1 heterocycles. The lowest BCUT2D eigenvalue weighted by Crippen LogP contribution is -3.14. The van der Waals surface area contributed by atoms with Crippen LogP contribution in [0.15, 0.2) is 18.2 Å². The second-order valence-electron chi connectivity index (χ2n) is 4.37. The van der Waals surface area contributed by atoms with Crippen LogP contribution >= 0.6 is 22.6 Å². The molecule has 1 aromatic carbocycles. The van der Waals surface area contributed by atoms with E-state index >= 15 is 0 Å². The third-order valence-corrected chi connectivity index (χ3v) is 3.72. The molecule has 0 radical (unpaired) electrons. The minimum absolute atomic E-state index is 0.788. The molecule has 1 aliphatic rings. The standard InChI is InChI=1S/C13H18INO2/c1-11-10-12(14)2-3-13(11)17-9-6-15-4-7-16-8-5-15/h2-3,10H,4-9H2,1H3/p+1. The smallest absolute Gasteiger partial charge is 0.137 e. The highest BCUT2D eigenvalue weighted by molar-refractivity contribution is 14.1. The van der Waals surface area contributed by atoms with Crippen molar-refractivity contribution in [2.75, 3.05) is 39.5 Å². The zero-order valence-corrected chi connectivity index (χ0v) is 12.3. The monoisotopic (exact) mass is 348 g/mol. The fraction of sp³-hybridized carbons (Fsp3) is 0.538. The Bertz CT molecular complexity index is 364. The van der Waals surface area contributed by atoms with Crippen molar-refractivity contribution in [3.63, 3.8) is 0 Å². The molecule has 0 atom stereocenters. The molecule has 0 bridgehead atoms. The van der Waals surface area contributed by atoms with Crippen molar-refractivity contribution < 1.29 is 14.4 Å². The van der Waals surface area contributed by atoms with Crippen molar-refractivity contribution in [3.8, 4) is 5.75 Å². The highest BCUT2D eigenvalue weighted by Crippen LogP contribution is 2.19. The van der Waals surface area contributed by atoms with Crippen molar-refractivity contribution in [1.29, 1.82) is 0 Å². The van der Waals surface area contributed by atoms with Gasteiger partial charge in [-0.1, -0.05) is 0 Å². The van der Waals surface area contributed by atoms with E-state index in [-0.39, 0.29) is 0 Å². The van der Waals surface area contributed by atoms with Crippen LogP contribution in [0, 0.1) is 10.5 Å². The van der Waals surface area contributed by atoms with Gasteiger partial charge < -0.3 is 14.4 Å². The van der Waals surface area contributed by atoms with E-state index in [1.165, 1.54) is 9.13 Å². The predicted octanol–water partition coefficient (Wildman–Crippen LogP) is 0.894. The van der Waals surface area contributed by atoms with Gasteiger partial charge in [-0.2, -0.15) is 0 Å². The zero-order valence-electron chi connectivity index (χ0n) is 10.2. The number of halogens is 1. The summed E-state index contributed by atoms with van der Waals surface area (Å²) in [6, 6.07) is 6.30. The summed E-state index contributed by atoms with van der Waals surface area (Å²) in [6.07, 6.45) is 0. The molecule has 0 aromatic heterocycles. The molecule has 1 fully saturated rings. The molecule has 1 saturated heterocycles. The first-order valence-electron chi connectivity index (χ1n) is 6.06. The van der Waals surface area contributed by atoms with E-state index in [9.17, 15) is 0 Å². The largest absolute Gasteiger partial charge is 0.487 e. The van der Waals surface area contributed by atoms with Gasteiger partial charge in [0.25, 0.3) is 0 Å². The summed E-state index contributed by atoms with van der Waals surface area (Å²) in [5.74, 6) is 1.01. The van der Waals surface area contributed by atoms with E-state index in [1.807, 2.05) is 0 Å². The number of nitrogens with one attached hydrogen (secondary N) is 1. The molecule has 94 valence electrons. The van der Waals surface area contributed by atoms with Crippen LogP contribution in [0.1, 0.15) is 5.56 Å². The number of quaternary nitrogens is 1. The average molecular weight is 348 g/mol. The molecule has 0 spiro atoms. The van der Waals surface area contributed by atoms with Crippen LogP contribution in [-0.4, -0.2) is 39.5 Å². The minimum atomic E-state index is 0.788. The topological polar surface area (TPSA) is 22.9 Å². The molecule has 2 rings (SSSR count). The number of benzene rings is 1. The number of hydrogen-bond donors (Lipinski definition) is 1. The summed E-state index contributed by atoms with van der Waals surface area (Å²) in [4.78, 5) is 1.58. The summed E-state index contributed by atoms with van der Waals surface area (Å²) in [5, 5.41) is 0. The summed E-state index contributed by atoms with van der Waals surface area (Å²) < 4.78 is 12.4. The lowest BCUT2D eigenvalue weighted by Gasteiger charge is -2.23. The van der Waals surface area contributed by atoms with Gasteiger partial charge in [-0.25, -0.2) is 0 Å². The van der Waals surface area contributed by atoms with Crippen molar-refractivity contribution in [3.05, 3.63) is 27.3 Å². The van der Waals surface area contributed by atoms with Gasteiger partial charge in [-0.3, -0.25) is 0 Å². The van der Waals surface area contributed by atoms with Gasteiger partial charge in [0.15, 0.2) is 0 Å². The Morgan fingerprint density at radius 2 is 2.12 bits per heavy atom. The number of morpholine rings is 1. The van der Waals surface area contributed by atoms with Crippen LogP contribution in [-0.2, 0) is 4.74 Å². The van der Waals surface area contributed by atoms with Crippen molar-refractivity contribution in [2.45, 2.75) is 6.92 Å². The molecule has 1 aliphatic heterocycles. The Kier molecular flexibility index (Phi) is 5.06. The van der Waals surface area contributed by atoms with Crippen molar-refractivity contribution in [1.82, 2.24) is 0 Å². The Balaban J connectivity index is 1.77. The maximum Gasteiger partial charge on any atom is 0.137 e. The van der Waals surface area contributed by atoms with Gasteiger partial charge in [0, 0.05) is 3.57 Å². The molecule has 1 aromatic rings. The second-order valence-corrected chi connectivity index (χ2v) is 5.62. The molecule has 1 N–H and O–H groups in total. The first kappa shape index (κ1) is 13.1. The average Bonchev–Trinajstić information content (AvgIpc) is 2.33. The van der Waals surface area contributed by atoms with E-state index in [0.29, 0.717) is 0 Å². The number of rotatable bonds is 4. The quantitative estimate of drug-likeness (QED) is 0.817. The fourth-order valence-electron chi connectivity index (χ4n) is 1.99. The number of hydrogen-bond acceptors (Lipinski definition) is 2. The van der Waals surface area contributed by atoms with E-state index in [4.69, 9.17) is 9.47 Å². The van der Waals surface area contributed by atoms with Gasteiger partial charge in [0.1, 0.15) is 32.0 Å². The van der Waals surface area contributed by atoms with Gasteiger partial charge >= 0.3 is 0 Å². The molecule has 17 heavy (non-hydrogen) atoms. The van der Waals surface area contributed by atoms with Gasteiger partial charge in [-0.15, -0.1) is 0 Å². The molecule has 0 amide bonds. The van der Waals surface area contributed by atoms with Gasteiger partial charge in [0.05, 0.1) is 13.2 Å². The van der Waals surface area contributed by atoms with Crippen LogP contribution < -0.4 is 9.64 Å². The highest BCUT2D eigenvalue weighted by Gasteiger charge is 2.13. The molecule has 4 heteroatoms. The Labute approximate surface area is 116 Å². The molecule has 3 nitrogen and oxygen atoms in total. The summed E-state index contributed by atoms with van der Waals surface area (Å²) >= 11 is 2.32. The molecule has 0 unspecified atom stereocenters. The van der Waals surface area contributed by atoms with E-state index in [1.54, 1.807) is 4.90 Å². The van der Waals surface area contributed by atoms with Crippen LogP contribution in [0.4, 0.5) is 0 Å². The van der Waals surface area contributed by atoms with Crippen LogP contribution in [0.3, 0.4) is 0 Å². The molecule has 0 saturated carbocycles. The number of ether oxygens (including phenoxy) is 2. The Morgan fingerprint density at radius 3 is 2.82 bits per heavy atom. The van der Waals surface area contributed by atoms with Gasteiger partial charge in [-0.05, 0) is 53.3 Å². The second kappa shape index (κ2) is 6.56. The highest BCUT2D eigenvalue weighted by atomic mass is 127. The minimum Gasteiger partial charge on any atom is -0.487 e. The predicted molar refractivity (Wildman–Crippen MR) is 75.8 cm³/mol. The van der Waals surface area contributed by atoms with Crippen LogP contribution in [0.2, 0.25) is 0 Å². The molecular formula is C13H19INO2+. The summed E-state index contributed by atoms with van der Waals surface area (Å²) in [7, 11) is 0. The summed E-state index contributed by atoms with van der Waals surface area (Å²) in [5.41, 5.74) is 1.22. The van der Waals surface area contributed by atoms with Crippen LogP contribution in [0.25, 0.3) is 0 Å². The van der Waals surface area contributed by atoms with Crippen molar-refractivity contribution >= 4 is 22.6 Å². The SMILES string of the molecule is Cc1cc(I)ccc1OCC[NH+]1CCOCC1. The molecular weight excluding hydrogens is 329 g/mol. The van der Waals surface area contributed by atoms with Crippen LogP contribution in [0.5, 0.6) is 5.75 Å². The van der Waals surface area contributed by atoms with Gasteiger partial charge in [0.2, 0.25) is 0 Å². The van der Waals surface area contributed by atoms with E-state index < -0.39 is 0 Å². The Hall–Kier alpha value is -0.330. The Morgan fingerprint density at radius 1 is 1.35 bits per heavy atom. The first-order chi connectivity index (χ1) is 8.25. The third-order valence-electron chi connectivity index (χ3n) is 3.05. The maximum absolute atomic E-state index is 5.83. The lowest BCUT2D eigenvalue weighted by atomic mass is 10.2. The summed E-state index contributed by atoms with van der Waals surface area (Å²) in [6.45, 7) is 7.94. The first-order valence-corrected chi connectivity index (χ1v) is 7.14. The third kappa shape index (κ3) is 4.12. The lowest BCUT2D eigenvalue weighted by molar-refractivity contribution is -0.908. The molecule has 0 aliphatic carbocycles. The van der Waals surface area contributed by atoms with E-state index in [0.717, 1.165) is 45.2 Å².